The Balaban J connectivity index is 2.05. The largest absolute Gasteiger partial charge is 0.368 e. The molecule has 0 spiro atoms. The first-order chi connectivity index (χ1) is 10.3. The highest BCUT2D eigenvalue weighted by molar-refractivity contribution is 5.46. The van der Waals surface area contributed by atoms with Gasteiger partial charge >= 0.3 is 0 Å². The zero-order valence-electron chi connectivity index (χ0n) is 13.9. The SMILES string of the molecule is CCCNC(CC)c1ccc(N(CC)C2CCCC2)cn1. The minimum atomic E-state index is 0.389. The fourth-order valence-corrected chi connectivity index (χ4v) is 3.42. The minimum Gasteiger partial charge on any atom is -0.368 e. The maximum absolute atomic E-state index is 4.74. The fraction of sp³-hybridized carbons (Fsp3) is 0.722. The molecule has 1 heterocycles. The maximum Gasteiger partial charge on any atom is 0.0574 e. The van der Waals surface area contributed by atoms with Crippen molar-refractivity contribution < 1.29 is 0 Å². The quantitative estimate of drug-likeness (QED) is 0.773. The van der Waals surface area contributed by atoms with Crippen molar-refractivity contribution in [1.29, 1.82) is 0 Å². The highest BCUT2D eigenvalue weighted by atomic mass is 15.2. The minimum absolute atomic E-state index is 0.389. The maximum atomic E-state index is 4.74. The number of nitrogens with zero attached hydrogens (tertiary/aromatic N) is 2. The predicted molar refractivity (Wildman–Crippen MR) is 90.8 cm³/mol. The molecule has 1 aromatic heterocycles. The third kappa shape index (κ3) is 4.19. The van der Waals surface area contributed by atoms with Crippen molar-refractivity contribution in [1.82, 2.24) is 10.3 Å². The zero-order valence-corrected chi connectivity index (χ0v) is 13.9. The van der Waals surface area contributed by atoms with Gasteiger partial charge in [-0.15, -0.1) is 0 Å². The van der Waals surface area contributed by atoms with Gasteiger partial charge in [0.25, 0.3) is 0 Å². The van der Waals surface area contributed by atoms with Gasteiger partial charge in [-0.1, -0.05) is 26.7 Å². The van der Waals surface area contributed by atoms with Gasteiger partial charge in [0.1, 0.15) is 0 Å². The molecule has 3 heteroatoms. The Morgan fingerprint density at radius 2 is 2.00 bits per heavy atom. The Morgan fingerprint density at radius 1 is 1.24 bits per heavy atom. The molecule has 1 saturated carbocycles. The van der Waals surface area contributed by atoms with E-state index in [1.165, 1.54) is 43.5 Å². The van der Waals surface area contributed by atoms with Crippen molar-refractivity contribution >= 4 is 5.69 Å². The van der Waals surface area contributed by atoms with Gasteiger partial charge < -0.3 is 10.2 Å². The van der Waals surface area contributed by atoms with Crippen molar-refractivity contribution in [2.75, 3.05) is 18.0 Å². The van der Waals surface area contributed by atoms with Gasteiger partial charge in [-0.25, -0.2) is 0 Å². The van der Waals surface area contributed by atoms with Crippen LogP contribution in [0.25, 0.3) is 0 Å². The van der Waals surface area contributed by atoms with Gasteiger partial charge in [0.2, 0.25) is 0 Å². The normalized spacial score (nSPS) is 17.1. The van der Waals surface area contributed by atoms with E-state index in [0.717, 1.165) is 25.6 Å². The zero-order chi connectivity index (χ0) is 15.1. The van der Waals surface area contributed by atoms with Crippen molar-refractivity contribution in [3.8, 4) is 0 Å². The molecule has 118 valence electrons. The number of nitrogens with one attached hydrogen (secondary N) is 1. The topological polar surface area (TPSA) is 28.2 Å². The van der Waals surface area contributed by atoms with E-state index in [9.17, 15) is 0 Å². The summed E-state index contributed by atoms with van der Waals surface area (Å²) in [6, 6.07) is 5.59. The number of hydrogen-bond acceptors (Lipinski definition) is 3. The van der Waals surface area contributed by atoms with E-state index in [4.69, 9.17) is 4.98 Å². The van der Waals surface area contributed by atoms with Crippen LogP contribution in [0.3, 0.4) is 0 Å². The molecule has 21 heavy (non-hydrogen) atoms. The molecule has 0 saturated heterocycles. The Morgan fingerprint density at radius 3 is 2.52 bits per heavy atom. The van der Waals surface area contributed by atoms with Crippen molar-refractivity contribution in [2.24, 2.45) is 0 Å². The van der Waals surface area contributed by atoms with Crippen LogP contribution >= 0.6 is 0 Å². The summed E-state index contributed by atoms with van der Waals surface area (Å²) in [6.45, 7) is 8.82. The van der Waals surface area contributed by atoms with Gasteiger partial charge in [-0.2, -0.15) is 0 Å². The lowest BCUT2D eigenvalue weighted by atomic mass is 10.1. The molecule has 1 aliphatic carbocycles. The molecule has 1 aliphatic rings. The van der Waals surface area contributed by atoms with E-state index in [0.29, 0.717) is 6.04 Å². The first-order valence-corrected chi connectivity index (χ1v) is 8.76. The second kappa shape index (κ2) is 8.38. The van der Waals surface area contributed by atoms with Gasteiger partial charge in [-0.05, 0) is 51.3 Å². The molecule has 0 radical (unpaired) electrons. The number of pyridine rings is 1. The lowest BCUT2D eigenvalue weighted by Gasteiger charge is -2.30. The summed E-state index contributed by atoms with van der Waals surface area (Å²) in [5.74, 6) is 0. The lowest BCUT2D eigenvalue weighted by Crippen LogP contribution is -2.33. The average molecular weight is 289 g/mol. The van der Waals surface area contributed by atoms with Gasteiger partial charge in [0, 0.05) is 18.6 Å². The third-order valence-electron chi connectivity index (χ3n) is 4.61. The van der Waals surface area contributed by atoms with E-state index >= 15 is 0 Å². The summed E-state index contributed by atoms with van der Waals surface area (Å²) < 4.78 is 0. The second-order valence-corrected chi connectivity index (χ2v) is 6.08. The summed E-state index contributed by atoms with van der Waals surface area (Å²) in [4.78, 5) is 7.27. The number of rotatable bonds is 8. The predicted octanol–water partition coefficient (Wildman–Crippen LogP) is 4.30. The Hall–Kier alpha value is -1.09. The van der Waals surface area contributed by atoms with Gasteiger partial charge in [0.15, 0.2) is 0 Å². The van der Waals surface area contributed by atoms with E-state index in [1.54, 1.807) is 0 Å². The van der Waals surface area contributed by atoms with Crippen molar-refractivity contribution in [3.05, 3.63) is 24.0 Å². The molecular weight excluding hydrogens is 258 g/mol. The molecule has 1 atom stereocenters. The molecule has 1 aromatic rings. The highest BCUT2D eigenvalue weighted by Crippen LogP contribution is 2.28. The van der Waals surface area contributed by atoms with E-state index in [-0.39, 0.29) is 0 Å². The summed E-state index contributed by atoms with van der Waals surface area (Å²) in [6.07, 6.45) is 9.77. The Labute approximate surface area is 130 Å². The summed E-state index contributed by atoms with van der Waals surface area (Å²) >= 11 is 0. The van der Waals surface area contributed by atoms with Gasteiger partial charge in [0.05, 0.1) is 17.6 Å². The third-order valence-corrected chi connectivity index (χ3v) is 4.61. The smallest absolute Gasteiger partial charge is 0.0574 e. The van der Waals surface area contributed by atoms with Crippen LogP contribution in [0, 0.1) is 0 Å². The van der Waals surface area contributed by atoms with Crippen LogP contribution in [0.5, 0.6) is 0 Å². The van der Waals surface area contributed by atoms with Crippen LogP contribution in [0.1, 0.15) is 71.0 Å². The first-order valence-electron chi connectivity index (χ1n) is 8.76. The Kier molecular flexibility index (Phi) is 6.50. The Bertz CT molecular complexity index is 395. The van der Waals surface area contributed by atoms with Crippen LogP contribution in [0.2, 0.25) is 0 Å². The average Bonchev–Trinajstić information content (AvgIpc) is 3.04. The molecule has 1 unspecified atom stereocenters. The molecular formula is C18H31N3. The van der Waals surface area contributed by atoms with Crippen LogP contribution in [0.15, 0.2) is 18.3 Å². The molecule has 1 N–H and O–H groups in total. The molecule has 0 amide bonds. The van der Waals surface area contributed by atoms with Crippen LogP contribution in [-0.4, -0.2) is 24.1 Å². The highest BCUT2D eigenvalue weighted by Gasteiger charge is 2.22. The summed E-state index contributed by atoms with van der Waals surface area (Å²) in [5.41, 5.74) is 2.47. The molecule has 1 fully saturated rings. The van der Waals surface area contributed by atoms with E-state index in [1.807, 2.05) is 0 Å². The van der Waals surface area contributed by atoms with Gasteiger partial charge in [-0.3, -0.25) is 4.98 Å². The van der Waals surface area contributed by atoms with E-state index in [2.05, 4.69) is 49.3 Å². The van der Waals surface area contributed by atoms with Crippen molar-refractivity contribution in [3.63, 3.8) is 0 Å². The monoisotopic (exact) mass is 289 g/mol. The molecule has 2 rings (SSSR count). The standard InChI is InChI=1S/C18H31N3/c1-4-13-19-17(5-2)18-12-11-16(14-20-18)21(6-3)15-9-7-8-10-15/h11-12,14-15,17,19H,4-10,13H2,1-3H3. The number of anilines is 1. The lowest BCUT2D eigenvalue weighted by molar-refractivity contribution is 0.507. The second-order valence-electron chi connectivity index (χ2n) is 6.08. The van der Waals surface area contributed by atoms with E-state index < -0.39 is 0 Å². The van der Waals surface area contributed by atoms with Crippen LogP contribution in [0.4, 0.5) is 5.69 Å². The molecule has 0 aliphatic heterocycles. The molecule has 3 nitrogen and oxygen atoms in total. The summed E-state index contributed by atoms with van der Waals surface area (Å²) in [5, 5.41) is 3.58. The van der Waals surface area contributed by atoms with Crippen molar-refractivity contribution in [2.45, 2.75) is 71.4 Å². The molecule has 0 bridgehead atoms. The number of aromatic nitrogens is 1. The fourth-order valence-electron chi connectivity index (χ4n) is 3.42. The molecule has 0 aromatic carbocycles. The first kappa shape index (κ1) is 16.3. The number of hydrogen-bond donors (Lipinski definition) is 1. The van der Waals surface area contributed by atoms with Crippen LogP contribution < -0.4 is 10.2 Å². The summed E-state index contributed by atoms with van der Waals surface area (Å²) in [7, 11) is 0. The van der Waals surface area contributed by atoms with Crippen LogP contribution in [-0.2, 0) is 0 Å².